The first kappa shape index (κ1) is 15.0. The number of hydrogen-bond donors (Lipinski definition) is 1. The Labute approximate surface area is 120 Å². The smallest absolute Gasteiger partial charge is 0.387 e. The van der Waals surface area contributed by atoms with Crippen LogP contribution in [0.1, 0.15) is 21.7 Å². The van der Waals surface area contributed by atoms with Gasteiger partial charge in [-0.1, -0.05) is 12.1 Å². The van der Waals surface area contributed by atoms with E-state index in [0.29, 0.717) is 5.69 Å². The molecule has 0 spiro atoms. The number of ether oxygens (including phenoxy) is 1. The maximum Gasteiger partial charge on any atom is 0.387 e. The van der Waals surface area contributed by atoms with Gasteiger partial charge in [0.1, 0.15) is 5.75 Å². The Morgan fingerprint density at radius 2 is 2.14 bits per heavy atom. The number of para-hydroxylation sites is 1. The van der Waals surface area contributed by atoms with Crippen LogP contribution in [0.4, 0.5) is 8.78 Å². The van der Waals surface area contributed by atoms with Crippen LogP contribution in [0.2, 0.25) is 0 Å². The largest absolute Gasteiger partial charge is 0.434 e. The number of amides is 1. The van der Waals surface area contributed by atoms with E-state index in [-0.39, 0.29) is 17.9 Å². The monoisotopic (exact) mass is 295 g/mol. The van der Waals surface area contributed by atoms with E-state index < -0.39 is 12.5 Å². The molecule has 0 aliphatic carbocycles. The number of alkyl halides is 2. The molecule has 112 valence electrons. The average Bonchev–Trinajstić information content (AvgIpc) is 2.75. The lowest BCUT2D eigenvalue weighted by Gasteiger charge is -2.10. The fraction of sp³-hybridized carbons (Fsp3) is 0.286. The average molecular weight is 295 g/mol. The molecule has 1 heterocycles. The van der Waals surface area contributed by atoms with Crippen molar-refractivity contribution in [3.05, 3.63) is 47.3 Å². The lowest BCUT2D eigenvalue weighted by atomic mass is 10.2. The predicted octanol–water partition coefficient (Wildman–Crippen LogP) is 2.26. The van der Waals surface area contributed by atoms with Gasteiger partial charge >= 0.3 is 6.61 Å². The minimum Gasteiger partial charge on any atom is -0.434 e. The van der Waals surface area contributed by atoms with Crippen LogP contribution in [0, 0.1) is 6.92 Å². The van der Waals surface area contributed by atoms with Gasteiger partial charge in [-0.2, -0.15) is 13.9 Å². The molecule has 0 unspecified atom stereocenters. The highest BCUT2D eigenvalue weighted by atomic mass is 19.3. The second-order valence-corrected chi connectivity index (χ2v) is 4.46. The SMILES string of the molecule is Cc1cc(CNC(=O)c2ccccc2OC(F)F)nn1C. The summed E-state index contributed by atoms with van der Waals surface area (Å²) in [7, 11) is 1.80. The summed E-state index contributed by atoms with van der Waals surface area (Å²) in [6, 6.07) is 7.69. The fourth-order valence-corrected chi connectivity index (χ4v) is 1.84. The summed E-state index contributed by atoms with van der Waals surface area (Å²) in [6.07, 6.45) is 0. The van der Waals surface area contributed by atoms with E-state index in [2.05, 4.69) is 15.2 Å². The maximum atomic E-state index is 12.3. The highest BCUT2D eigenvalue weighted by Gasteiger charge is 2.15. The molecule has 7 heteroatoms. The van der Waals surface area contributed by atoms with Gasteiger partial charge in [-0.15, -0.1) is 0 Å². The molecule has 0 bridgehead atoms. The minimum atomic E-state index is -2.97. The first-order valence-corrected chi connectivity index (χ1v) is 6.29. The molecule has 5 nitrogen and oxygen atoms in total. The molecule has 0 saturated heterocycles. The zero-order chi connectivity index (χ0) is 15.4. The van der Waals surface area contributed by atoms with E-state index in [4.69, 9.17) is 0 Å². The van der Waals surface area contributed by atoms with Crippen molar-refractivity contribution in [2.24, 2.45) is 7.05 Å². The summed E-state index contributed by atoms with van der Waals surface area (Å²) in [5.74, 6) is -0.642. The van der Waals surface area contributed by atoms with Gasteiger partial charge < -0.3 is 10.1 Å². The molecule has 0 aliphatic heterocycles. The van der Waals surface area contributed by atoms with Crippen molar-refractivity contribution in [2.75, 3.05) is 0 Å². The summed E-state index contributed by atoms with van der Waals surface area (Å²) in [4.78, 5) is 12.0. The number of hydrogen-bond acceptors (Lipinski definition) is 3. The third-order valence-electron chi connectivity index (χ3n) is 2.94. The number of rotatable bonds is 5. The molecule has 1 amide bonds. The molecule has 2 rings (SSSR count). The minimum absolute atomic E-state index is 0.0606. The van der Waals surface area contributed by atoms with Gasteiger partial charge in [-0.3, -0.25) is 9.48 Å². The van der Waals surface area contributed by atoms with Gasteiger partial charge in [0.15, 0.2) is 0 Å². The molecule has 2 aromatic rings. The highest BCUT2D eigenvalue weighted by molar-refractivity contribution is 5.96. The number of aromatic nitrogens is 2. The van der Waals surface area contributed by atoms with Crippen LogP contribution in [0.25, 0.3) is 0 Å². The molecule has 0 saturated carbocycles. The number of halogens is 2. The van der Waals surface area contributed by atoms with Crippen molar-refractivity contribution in [1.82, 2.24) is 15.1 Å². The molecule has 1 N–H and O–H groups in total. The molecular weight excluding hydrogens is 280 g/mol. The Morgan fingerprint density at radius 3 is 2.76 bits per heavy atom. The Kier molecular flexibility index (Phi) is 4.52. The van der Waals surface area contributed by atoms with Crippen LogP contribution in [0.5, 0.6) is 5.75 Å². The third-order valence-corrected chi connectivity index (χ3v) is 2.94. The van der Waals surface area contributed by atoms with Crippen LogP contribution in [-0.2, 0) is 13.6 Å². The maximum absolute atomic E-state index is 12.3. The van der Waals surface area contributed by atoms with Crippen molar-refractivity contribution in [3.8, 4) is 5.75 Å². The van der Waals surface area contributed by atoms with Crippen LogP contribution >= 0.6 is 0 Å². The second-order valence-electron chi connectivity index (χ2n) is 4.46. The van der Waals surface area contributed by atoms with Crippen molar-refractivity contribution in [1.29, 1.82) is 0 Å². The van der Waals surface area contributed by atoms with Gasteiger partial charge in [0.25, 0.3) is 5.91 Å². The molecule has 0 atom stereocenters. The summed E-state index contributed by atoms with van der Waals surface area (Å²) < 4.78 is 30.6. The number of carbonyl (C=O) groups excluding carboxylic acids is 1. The van der Waals surface area contributed by atoms with Crippen molar-refractivity contribution in [3.63, 3.8) is 0 Å². The van der Waals surface area contributed by atoms with E-state index in [1.54, 1.807) is 17.8 Å². The Balaban J connectivity index is 2.06. The zero-order valence-corrected chi connectivity index (χ0v) is 11.6. The number of aryl methyl sites for hydroxylation is 2. The number of nitrogens with zero attached hydrogens (tertiary/aromatic N) is 2. The summed E-state index contributed by atoms with van der Waals surface area (Å²) in [6.45, 7) is -0.870. The van der Waals surface area contributed by atoms with Gasteiger partial charge in [0, 0.05) is 12.7 Å². The highest BCUT2D eigenvalue weighted by Crippen LogP contribution is 2.20. The van der Waals surface area contributed by atoms with E-state index >= 15 is 0 Å². The van der Waals surface area contributed by atoms with Crippen LogP contribution in [0.3, 0.4) is 0 Å². The number of benzene rings is 1. The lowest BCUT2D eigenvalue weighted by molar-refractivity contribution is -0.0501. The van der Waals surface area contributed by atoms with Crippen molar-refractivity contribution < 1.29 is 18.3 Å². The first-order valence-electron chi connectivity index (χ1n) is 6.29. The Hall–Kier alpha value is -2.44. The van der Waals surface area contributed by atoms with E-state index in [9.17, 15) is 13.6 Å². The Bertz CT molecular complexity index is 621. The Morgan fingerprint density at radius 1 is 1.43 bits per heavy atom. The lowest BCUT2D eigenvalue weighted by Crippen LogP contribution is -2.24. The summed E-state index contributed by atoms with van der Waals surface area (Å²) >= 11 is 0. The van der Waals surface area contributed by atoms with Gasteiger partial charge in [0.2, 0.25) is 0 Å². The van der Waals surface area contributed by atoms with Crippen molar-refractivity contribution in [2.45, 2.75) is 20.1 Å². The van der Waals surface area contributed by atoms with Crippen molar-refractivity contribution >= 4 is 5.91 Å². The summed E-state index contributed by atoms with van der Waals surface area (Å²) in [5.41, 5.74) is 1.71. The third kappa shape index (κ3) is 3.77. The molecule has 21 heavy (non-hydrogen) atoms. The molecule has 0 fully saturated rings. The molecule has 0 radical (unpaired) electrons. The van der Waals surface area contributed by atoms with Crippen LogP contribution < -0.4 is 10.1 Å². The predicted molar refractivity (Wildman–Crippen MR) is 72.2 cm³/mol. The standard InChI is InChI=1S/C14H15F2N3O2/c1-9-7-10(18-19(9)2)8-17-13(20)11-5-3-4-6-12(11)21-14(15)16/h3-7,14H,8H2,1-2H3,(H,17,20). The molecule has 1 aromatic carbocycles. The fourth-order valence-electron chi connectivity index (χ4n) is 1.84. The van der Waals surface area contributed by atoms with Gasteiger partial charge in [-0.05, 0) is 25.1 Å². The van der Waals surface area contributed by atoms with E-state index in [1.807, 2.05) is 13.0 Å². The quantitative estimate of drug-likeness (QED) is 0.920. The number of carbonyl (C=O) groups is 1. The second kappa shape index (κ2) is 6.34. The van der Waals surface area contributed by atoms with Crippen LogP contribution in [-0.4, -0.2) is 22.3 Å². The van der Waals surface area contributed by atoms with Gasteiger partial charge in [0.05, 0.1) is 17.8 Å². The molecule has 1 aromatic heterocycles. The molecule has 0 aliphatic rings. The first-order chi connectivity index (χ1) is 9.97. The van der Waals surface area contributed by atoms with E-state index in [0.717, 1.165) is 5.69 Å². The van der Waals surface area contributed by atoms with Gasteiger partial charge in [-0.25, -0.2) is 0 Å². The van der Waals surface area contributed by atoms with E-state index in [1.165, 1.54) is 18.2 Å². The summed E-state index contributed by atoms with van der Waals surface area (Å²) in [5, 5.41) is 6.83. The normalized spacial score (nSPS) is 10.7. The topological polar surface area (TPSA) is 56.1 Å². The zero-order valence-electron chi connectivity index (χ0n) is 11.6. The van der Waals surface area contributed by atoms with Crippen LogP contribution in [0.15, 0.2) is 30.3 Å². The molecular formula is C14H15F2N3O2. The number of nitrogens with one attached hydrogen (secondary N) is 1.